The van der Waals surface area contributed by atoms with Gasteiger partial charge in [-0.2, -0.15) is 13.2 Å². The SMILES string of the molecule is O=C1Cc2cc(C(=O)Nc3cc(C(F)(F)F)ccc3N3CCCC3)ccc2N1. The molecule has 0 saturated carbocycles. The summed E-state index contributed by atoms with van der Waals surface area (Å²) >= 11 is 0. The Morgan fingerprint density at radius 2 is 1.82 bits per heavy atom. The maximum atomic E-state index is 13.2. The highest BCUT2D eigenvalue weighted by Crippen LogP contribution is 2.37. The van der Waals surface area contributed by atoms with Crippen LogP contribution in [0.25, 0.3) is 0 Å². The van der Waals surface area contributed by atoms with Gasteiger partial charge in [-0.1, -0.05) is 0 Å². The van der Waals surface area contributed by atoms with Gasteiger partial charge in [-0.05, 0) is 54.8 Å². The zero-order valence-corrected chi connectivity index (χ0v) is 14.9. The molecule has 0 aliphatic carbocycles. The smallest absolute Gasteiger partial charge is 0.370 e. The predicted molar refractivity (Wildman–Crippen MR) is 99.6 cm³/mol. The molecule has 2 aliphatic rings. The van der Waals surface area contributed by atoms with E-state index < -0.39 is 17.6 Å². The molecule has 0 radical (unpaired) electrons. The predicted octanol–water partition coefficient (Wildman–Crippen LogP) is 4.05. The van der Waals surface area contributed by atoms with Gasteiger partial charge in [0.1, 0.15) is 0 Å². The molecular weight excluding hydrogens is 371 g/mol. The number of nitrogens with zero attached hydrogens (tertiary/aromatic N) is 1. The molecule has 2 aromatic rings. The number of rotatable bonds is 3. The second-order valence-electron chi connectivity index (χ2n) is 6.97. The summed E-state index contributed by atoms with van der Waals surface area (Å²) in [4.78, 5) is 26.2. The lowest BCUT2D eigenvalue weighted by molar-refractivity contribution is -0.137. The van der Waals surface area contributed by atoms with Crippen LogP contribution in [0, 0.1) is 0 Å². The number of nitrogens with one attached hydrogen (secondary N) is 2. The molecule has 1 fully saturated rings. The number of hydrogen-bond acceptors (Lipinski definition) is 3. The number of carbonyl (C=O) groups is 2. The molecule has 2 N–H and O–H groups in total. The zero-order valence-electron chi connectivity index (χ0n) is 14.9. The summed E-state index contributed by atoms with van der Waals surface area (Å²) in [6.07, 6.45) is -2.40. The Balaban J connectivity index is 1.65. The maximum absolute atomic E-state index is 13.2. The van der Waals surface area contributed by atoms with Crippen LogP contribution in [0.1, 0.15) is 34.3 Å². The van der Waals surface area contributed by atoms with Crippen LogP contribution in [0.2, 0.25) is 0 Å². The third-order valence-electron chi connectivity index (χ3n) is 5.01. The highest BCUT2D eigenvalue weighted by molar-refractivity contribution is 6.07. The number of fused-ring (bicyclic) bond motifs is 1. The van der Waals surface area contributed by atoms with Gasteiger partial charge in [0.2, 0.25) is 5.91 Å². The van der Waals surface area contributed by atoms with E-state index in [-0.39, 0.29) is 18.0 Å². The van der Waals surface area contributed by atoms with Crippen LogP contribution in [0.5, 0.6) is 0 Å². The molecular formula is C20H18F3N3O2. The fourth-order valence-electron chi connectivity index (χ4n) is 3.61. The maximum Gasteiger partial charge on any atom is 0.416 e. The molecule has 2 aliphatic heterocycles. The largest absolute Gasteiger partial charge is 0.416 e. The molecule has 0 unspecified atom stereocenters. The van der Waals surface area contributed by atoms with Crippen molar-refractivity contribution >= 4 is 28.9 Å². The van der Waals surface area contributed by atoms with E-state index in [0.29, 0.717) is 22.5 Å². The Morgan fingerprint density at radius 3 is 2.54 bits per heavy atom. The highest BCUT2D eigenvalue weighted by atomic mass is 19.4. The van der Waals surface area contributed by atoms with Crippen LogP contribution in [-0.2, 0) is 17.4 Å². The van der Waals surface area contributed by atoms with Crippen LogP contribution in [0.4, 0.5) is 30.2 Å². The second kappa shape index (κ2) is 6.85. The molecule has 2 aromatic carbocycles. The molecule has 5 nitrogen and oxygen atoms in total. The molecule has 8 heteroatoms. The van der Waals surface area contributed by atoms with E-state index in [0.717, 1.165) is 38.1 Å². The number of amides is 2. The Morgan fingerprint density at radius 1 is 1.07 bits per heavy atom. The normalized spacial score (nSPS) is 16.1. The minimum atomic E-state index is -4.50. The average Bonchev–Trinajstić information content (AvgIpc) is 3.28. The van der Waals surface area contributed by atoms with E-state index in [1.165, 1.54) is 6.07 Å². The third kappa shape index (κ3) is 3.54. The van der Waals surface area contributed by atoms with Crippen molar-refractivity contribution in [1.29, 1.82) is 0 Å². The van der Waals surface area contributed by atoms with Gasteiger partial charge >= 0.3 is 6.18 Å². The highest BCUT2D eigenvalue weighted by Gasteiger charge is 2.32. The van der Waals surface area contributed by atoms with Crippen molar-refractivity contribution < 1.29 is 22.8 Å². The summed E-state index contributed by atoms with van der Waals surface area (Å²) in [5, 5.41) is 5.31. The molecule has 28 heavy (non-hydrogen) atoms. The van der Waals surface area contributed by atoms with Gasteiger partial charge in [-0.25, -0.2) is 0 Å². The fraction of sp³-hybridized carbons (Fsp3) is 0.300. The first kappa shape index (κ1) is 18.3. The minimum Gasteiger partial charge on any atom is -0.370 e. The third-order valence-corrected chi connectivity index (χ3v) is 5.01. The summed E-state index contributed by atoms with van der Waals surface area (Å²) < 4.78 is 39.5. The molecule has 0 atom stereocenters. The van der Waals surface area contributed by atoms with Gasteiger partial charge in [-0.15, -0.1) is 0 Å². The summed E-state index contributed by atoms with van der Waals surface area (Å²) in [6.45, 7) is 1.47. The van der Waals surface area contributed by atoms with Crippen molar-refractivity contribution in [3.63, 3.8) is 0 Å². The van der Waals surface area contributed by atoms with Crippen molar-refractivity contribution in [1.82, 2.24) is 0 Å². The summed E-state index contributed by atoms with van der Waals surface area (Å²) in [5.41, 5.74) is 1.54. The number of carbonyl (C=O) groups excluding carboxylic acids is 2. The Labute approximate surface area is 159 Å². The van der Waals surface area contributed by atoms with E-state index in [9.17, 15) is 22.8 Å². The Bertz CT molecular complexity index is 950. The summed E-state index contributed by atoms with van der Waals surface area (Å²) in [5.74, 6) is -0.663. The first-order valence-electron chi connectivity index (χ1n) is 9.01. The molecule has 1 saturated heterocycles. The zero-order chi connectivity index (χ0) is 19.9. The number of anilines is 3. The van der Waals surface area contributed by atoms with E-state index in [1.54, 1.807) is 18.2 Å². The van der Waals surface area contributed by atoms with Crippen molar-refractivity contribution in [3.8, 4) is 0 Å². The van der Waals surface area contributed by atoms with Gasteiger partial charge in [0.25, 0.3) is 5.91 Å². The number of halogens is 3. The van der Waals surface area contributed by atoms with Gasteiger partial charge < -0.3 is 15.5 Å². The molecule has 2 heterocycles. The lowest BCUT2D eigenvalue weighted by atomic mass is 10.1. The number of hydrogen-bond donors (Lipinski definition) is 2. The monoisotopic (exact) mass is 389 g/mol. The Hall–Kier alpha value is -3.03. The quantitative estimate of drug-likeness (QED) is 0.833. The number of benzene rings is 2. The molecule has 146 valence electrons. The van der Waals surface area contributed by atoms with E-state index >= 15 is 0 Å². The van der Waals surface area contributed by atoms with Gasteiger partial charge in [-0.3, -0.25) is 9.59 Å². The summed E-state index contributed by atoms with van der Waals surface area (Å²) in [6, 6.07) is 8.19. The molecule has 0 bridgehead atoms. The fourth-order valence-corrected chi connectivity index (χ4v) is 3.61. The van der Waals surface area contributed by atoms with Crippen molar-refractivity contribution in [2.75, 3.05) is 28.6 Å². The minimum absolute atomic E-state index is 0.136. The van der Waals surface area contributed by atoms with Gasteiger partial charge in [0.15, 0.2) is 0 Å². The van der Waals surface area contributed by atoms with Gasteiger partial charge in [0, 0.05) is 24.3 Å². The molecule has 0 aromatic heterocycles. The average molecular weight is 389 g/mol. The van der Waals surface area contributed by atoms with Gasteiger partial charge in [0.05, 0.1) is 23.4 Å². The van der Waals surface area contributed by atoms with Crippen molar-refractivity contribution in [2.45, 2.75) is 25.4 Å². The lowest BCUT2D eigenvalue weighted by Crippen LogP contribution is -2.22. The van der Waals surface area contributed by atoms with Crippen LogP contribution in [-0.4, -0.2) is 24.9 Å². The lowest BCUT2D eigenvalue weighted by Gasteiger charge is -2.23. The standard InChI is InChI=1S/C20H18F3N3O2/c21-20(22,23)14-4-6-17(26-7-1-2-8-26)16(11-14)25-19(28)12-3-5-15-13(9-12)10-18(27)24-15/h3-6,9,11H,1-2,7-8,10H2,(H,24,27)(H,25,28). The number of alkyl halides is 3. The van der Waals surface area contributed by atoms with E-state index in [2.05, 4.69) is 10.6 Å². The Kier molecular flexibility index (Phi) is 4.49. The molecule has 4 rings (SSSR count). The van der Waals surface area contributed by atoms with Crippen molar-refractivity contribution in [2.24, 2.45) is 0 Å². The van der Waals surface area contributed by atoms with E-state index in [4.69, 9.17) is 0 Å². The van der Waals surface area contributed by atoms with Crippen molar-refractivity contribution in [3.05, 3.63) is 53.1 Å². The van der Waals surface area contributed by atoms with E-state index in [1.807, 2.05) is 4.90 Å². The first-order valence-corrected chi connectivity index (χ1v) is 9.01. The van der Waals surface area contributed by atoms with Crippen LogP contribution >= 0.6 is 0 Å². The second-order valence-corrected chi connectivity index (χ2v) is 6.97. The topological polar surface area (TPSA) is 61.4 Å². The van der Waals surface area contributed by atoms with Crippen LogP contribution < -0.4 is 15.5 Å². The van der Waals surface area contributed by atoms with Crippen LogP contribution in [0.15, 0.2) is 36.4 Å². The molecule has 0 spiro atoms. The summed E-state index contributed by atoms with van der Waals surface area (Å²) in [7, 11) is 0. The first-order chi connectivity index (χ1) is 13.3. The molecule has 2 amide bonds. The van der Waals surface area contributed by atoms with Crippen LogP contribution in [0.3, 0.4) is 0 Å².